The standard InChI is InChI=1S/C15H27N2O2.Ac/c1-5-8-10-9-11(14(18)19)17-12(10)13(16)15(4,6-2)7-3;/h5,8,10-13,16-17H,6-7,9H2,1-4H3,(H,18,19);/q-1;/b8-5-;/t10-,11-,12-,13-;/m1./s1. The van der Waals surface area contributed by atoms with E-state index in [0.717, 1.165) is 12.8 Å². The van der Waals surface area contributed by atoms with Crippen LogP contribution >= 0.6 is 0 Å². The Bertz CT molecular complexity index is 343. The van der Waals surface area contributed by atoms with Gasteiger partial charge in [-0.1, -0.05) is 45.8 Å². The second-order valence-corrected chi connectivity index (χ2v) is 5.85. The van der Waals surface area contributed by atoms with Crippen LogP contribution in [0.15, 0.2) is 12.2 Å². The van der Waals surface area contributed by atoms with Gasteiger partial charge in [0.1, 0.15) is 6.04 Å². The van der Waals surface area contributed by atoms with Crippen LogP contribution in [0.1, 0.15) is 47.0 Å². The van der Waals surface area contributed by atoms with Crippen LogP contribution in [0.2, 0.25) is 0 Å². The molecule has 1 heterocycles. The molecule has 0 aliphatic carbocycles. The minimum atomic E-state index is -0.807. The summed E-state index contributed by atoms with van der Waals surface area (Å²) in [6.45, 7) is 8.30. The van der Waals surface area contributed by atoms with Gasteiger partial charge >= 0.3 is 5.97 Å². The summed E-state index contributed by atoms with van der Waals surface area (Å²) in [6, 6.07) is -0.868. The quantitative estimate of drug-likeness (QED) is 0.557. The molecule has 0 bridgehead atoms. The molecule has 4 nitrogen and oxygen atoms in total. The number of rotatable bonds is 6. The van der Waals surface area contributed by atoms with Crippen molar-refractivity contribution in [3.05, 3.63) is 17.9 Å². The summed E-state index contributed by atoms with van der Waals surface area (Å²) in [5.74, 6) is -0.662. The van der Waals surface area contributed by atoms with E-state index in [1.807, 2.05) is 19.1 Å². The van der Waals surface area contributed by atoms with Gasteiger partial charge < -0.3 is 16.2 Å². The predicted molar refractivity (Wildman–Crippen MR) is 78.1 cm³/mol. The number of carboxylic acids is 1. The summed E-state index contributed by atoms with van der Waals surface area (Å²) in [5.41, 5.74) is 8.51. The molecule has 0 spiro atoms. The monoisotopic (exact) mass is 494 g/mol. The van der Waals surface area contributed by atoms with Crippen molar-refractivity contribution in [3.63, 3.8) is 0 Å². The molecule has 20 heavy (non-hydrogen) atoms. The summed E-state index contributed by atoms with van der Waals surface area (Å²) >= 11 is 0. The smallest absolute Gasteiger partial charge is 0.320 e. The SMILES string of the molecule is C/C=C\[C@@H]1C[C@H](C(=O)O)N[C@H]1[C@@H]([NH-])C(C)(CC)CC.[Ac]. The number of nitrogens with one attached hydrogen (secondary N) is 2. The van der Waals surface area contributed by atoms with E-state index >= 15 is 0 Å². The van der Waals surface area contributed by atoms with Gasteiger partial charge in [0.25, 0.3) is 0 Å². The molecule has 5 heteroatoms. The molecule has 3 N–H and O–H groups in total. The Hall–Kier alpha value is 0.572. The molecule has 0 amide bonds. The van der Waals surface area contributed by atoms with Gasteiger partial charge in [0, 0.05) is 44.1 Å². The van der Waals surface area contributed by atoms with Crippen molar-refractivity contribution in [2.75, 3.05) is 0 Å². The average Bonchev–Trinajstić information content (AvgIpc) is 2.81. The number of carbonyl (C=O) groups is 1. The Labute approximate surface area is 158 Å². The van der Waals surface area contributed by atoms with Crippen LogP contribution in [0.5, 0.6) is 0 Å². The molecule has 1 fully saturated rings. The van der Waals surface area contributed by atoms with Gasteiger partial charge in [0.15, 0.2) is 0 Å². The van der Waals surface area contributed by atoms with Crippen LogP contribution < -0.4 is 5.32 Å². The van der Waals surface area contributed by atoms with Gasteiger partial charge in [-0.3, -0.25) is 4.79 Å². The van der Waals surface area contributed by atoms with Gasteiger partial charge in [-0.2, -0.15) is 0 Å². The third kappa shape index (κ3) is 4.53. The maximum atomic E-state index is 11.2. The topological polar surface area (TPSA) is 73.1 Å². The van der Waals surface area contributed by atoms with E-state index < -0.39 is 12.0 Å². The molecule has 0 aromatic carbocycles. The summed E-state index contributed by atoms with van der Waals surface area (Å²) in [4.78, 5) is 11.2. The molecule has 0 unspecified atom stereocenters. The average molecular weight is 494 g/mol. The summed E-state index contributed by atoms with van der Waals surface area (Å²) < 4.78 is 0. The molecule has 1 aliphatic rings. The van der Waals surface area contributed by atoms with Crippen LogP contribution in [0.3, 0.4) is 0 Å². The van der Waals surface area contributed by atoms with E-state index in [0.29, 0.717) is 6.42 Å². The van der Waals surface area contributed by atoms with Gasteiger partial charge in [0.05, 0.1) is 0 Å². The zero-order valence-corrected chi connectivity index (χ0v) is 17.8. The van der Waals surface area contributed by atoms with Gasteiger partial charge in [0.2, 0.25) is 0 Å². The molecule has 0 saturated carbocycles. The first-order chi connectivity index (χ1) is 8.89. The molecular weight excluding hydrogens is 467 g/mol. The van der Waals surface area contributed by atoms with Crippen molar-refractivity contribution in [2.45, 2.75) is 65.1 Å². The summed E-state index contributed by atoms with van der Waals surface area (Å²) in [5, 5.41) is 12.3. The van der Waals surface area contributed by atoms with E-state index in [4.69, 9.17) is 10.8 Å². The summed E-state index contributed by atoms with van der Waals surface area (Å²) in [7, 11) is 0. The van der Waals surface area contributed by atoms with Crippen LogP contribution in [0.4, 0.5) is 0 Å². The Morgan fingerprint density at radius 2 is 2.05 bits per heavy atom. The van der Waals surface area contributed by atoms with Gasteiger partial charge in [-0.25, -0.2) is 0 Å². The van der Waals surface area contributed by atoms with Crippen molar-refractivity contribution in [1.82, 2.24) is 5.32 Å². The van der Waals surface area contributed by atoms with E-state index in [1.54, 1.807) is 0 Å². The third-order valence-corrected chi connectivity index (χ3v) is 4.83. The molecule has 0 aromatic rings. The minimum Gasteiger partial charge on any atom is -0.673 e. The maximum Gasteiger partial charge on any atom is 0.320 e. The largest absolute Gasteiger partial charge is 0.673 e. The zero-order chi connectivity index (χ0) is 14.6. The fourth-order valence-corrected chi connectivity index (χ4v) is 2.93. The van der Waals surface area contributed by atoms with Crippen LogP contribution in [-0.4, -0.2) is 29.2 Å². The molecule has 1 radical (unpaired) electrons. The van der Waals surface area contributed by atoms with E-state index in [1.165, 1.54) is 0 Å². The normalized spacial score (nSPS) is 28.4. The number of aliphatic carboxylic acids is 1. The molecular formula is C15H27AcN2O2-. The Balaban J connectivity index is 0.00000361. The number of hydrogen-bond donors (Lipinski definition) is 2. The first-order valence-corrected chi connectivity index (χ1v) is 7.22. The van der Waals surface area contributed by atoms with Gasteiger partial charge in [-0.15, -0.1) is 6.04 Å². The molecule has 1 rings (SSSR count). The van der Waals surface area contributed by atoms with Crippen molar-refractivity contribution in [2.24, 2.45) is 11.3 Å². The molecule has 1 aliphatic heterocycles. The van der Waals surface area contributed by atoms with Crippen molar-refractivity contribution in [1.29, 1.82) is 0 Å². The third-order valence-electron chi connectivity index (χ3n) is 4.83. The predicted octanol–water partition coefficient (Wildman–Crippen LogP) is 3.24. The second kappa shape index (κ2) is 8.88. The van der Waals surface area contributed by atoms with E-state index in [-0.39, 0.29) is 67.5 Å². The van der Waals surface area contributed by atoms with E-state index in [2.05, 4.69) is 26.1 Å². The van der Waals surface area contributed by atoms with Crippen LogP contribution in [0, 0.1) is 55.4 Å². The number of allylic oxidation sites excluding steroid dienone is 1. The van der Waals surface area contributed by atoms with Crippen molar-refractivity contribution < 1.29 is 54.0 Å². The van der Waals surface area contributed by atoms with Crippen molar-refractivity contribution >= 4 is 5.97 Å². The maximum absolute atomic E-state index is 11.2. The van der Waals surface area contributed by atoms with Gasteiger partial charge in [-0.05, 0) is 30.7 Å². The first kappa shape index (κ1) is 20.6. The van der Waals surface area contributed by atoms with E-state index in [9.17, 15) is 4.79 Å². The Morgan fingerprint density at radius 1 is 1.50 bits per heavy atom. The Kier molecular flexibility index (Phi) is 9.13. The molecule has 1 saturated heterocycles. The number of hydrogen-bond acceptors (Lipinski definition) is 2. The van der Waals surface area contributed by atoms with Crippen molar-refractivity contribution in [3.8, 4) is 0 Å². The molecule has 4 atom stereocenters. The first-order valence-electron chi connectivity index (χ1n) is 7.22. The Morgan fingerprint density at radius 3 is 2.45 bits per heavy atom. The van der Waals surface area contributed by atoms with Crippen LogP contribution in [-0.2, 0) is 4.79 Å². The zero-order valence-electron chi connectivity index (χ0n) is 13.0. The molecule has 113 valence electrons. The van der Waals surface area contributed by atoms with Crippen LogP contribution in [0.25, 0.3) is 5.73 Å². The fraction of sp³-hybridized carbons (Fsp3) is 0.800. The summed E-state index contributed by atoms with van der Waals surface area (Å²) in [6.07, 6.45) is 6.48. The fourth-order valence-electron chi connectivity index (χ4n) is 2.93. The second-order valence-electron chi connectivity index (χ2n) is 5.85. The molecule has 0 aromatic heterocycles. The minimum absolute atomic E-state index is 0. The number of carboxylic acid groups (broad SMARTS) is 1.